The van der Waals surface area contributed by atoms with Crippen molar-refractivity contribution < 1.29 is 13.9 Å². The van der Waals surface area contributed by atoms with Crippen LogP contribution in [0.25, 0.3) is 0 Å². The maximum absolute atomic E-state index is 13.4. The molecule has 4 rings (SSSR count). The molecule has 2 aromatic heterocycles. The summed E-state index contributed by atoms with van der Waals surface area (Å²) in [6.07, 6.45) is 3.08. The zero-order valence-corrected chi connectivity index (χ0v) is 15.9. The molecule has 1 unspecified atom stereocenters. The molecule has 1 fully saturated rings. The van der Waals surface area contributed by atoms with Gasteiger partial charge in [-0.05, 0) is 52.9 Å². The van der Waals surface area contributed by atoms with Crippen molar-refractivity contribution in [3.05, 3.63) is 82.4 Å². The van der Waals surface area contributed by atoms with Crippen molar-refractivity contribution >= 4 is 17.2 Å². The van der Waals surface area contributed by atoms with Crippen molar-refractivity contribution in [1.82, 2.24) is 5.32 Å². The summed E-state index contributed by atoms with van der Waals surface area (Å²) in [6.45, 7) is 1.72. The summed E-state index contributed by atoms with van der Waals surface area (Å²) >= 11 is 1.65. The van der Waals surface area contributed by atoms with Gasteiger partial charge in [0.1, 0.15) is 5.76 Å². The second kappa shape index (κ2) is 8.11. The van der Waals surface area contributed by atoms with Gasteiger partial charge >= 0.3 is 0 Å². The van der Waals surface area contributed by atoms with E-state index in [1.807, 2.05) is 42.5 Å². The molecule has 3 aromatic rings. The fourth-order valence-corrected chi connectivity index (χ4v) is 4.55. The highest BCUT2D eigenvalue weighted by Gasteiger charge is 2.41. The molecule has 1 aliphatic rings. The molecule has 1 aromatic carbocycles. The molecule has 1 amide bonds. The summed E-state index contributed by atoms with van der Waals surface area (Å²) in [5, 5.41) is 7.38. The van der Waals surface area contributed by atoms with Crippen molar-refractivity contribution in [2.45, 2.75) is 24.2 Å². The van der Waals surface area contributed by atoms with Crippen LogP contribution in [0.1, 0.15) is 35.6 Å². The number of hydrogen-bond acceptors (Lipinski definition) is 4. The largest absolute Gasteiger partial charge is 0.469 e. The molecule has 5 heteroatoms. The third-order valence-electron chi connectivity index (χ3n) is 5.41. The Morgan fingerprint density at radius 1 is 1.11 bits per heavy atom. The van der Waals surface area contributed by atoms with Gasteiger partial charge in [-0.1, -0.05) is 30.3 Å². The number of furan rings is 1. The zero-order chi connectivity index (χ0) is 18.5. The number of thiophene rings is 1. The Hall–Kier alpha value is -2.37. The number of rotatable bonds is 6. The van der Waals surface area contributed by atoms with Gasteiger partial charge in [-0.3, -0.25) is 4.79 Å². The number of nitrogens with one attached hydrogen (secondary N) is 1. The highest BCUT2D eigenvalue weighted by atomic mass is 32.1. The van der Waals surface area contributed by atoms with Crippen molar-refractivity contribution in [2.24, 2.45) is 0 Å². The molecule has 0 spiro atoms. The second-order valence-corrected chi connectivity index (χ2v) is 7.68. The number of ether oxygens (including phenoxy) is 1. The Balaban J connectivity index is 1.56. The molecular weight excluding hydrogens is 358 g/mol. The lowest BCUT2D eigenvalue weighted by molar-refractivity contribution is -0.130. The standard InChI is InChI=1S/C22H23NO3S/c24-21(22(9-12-25-13-10-22)18-5-2-1-3-6-18)23-15-19(17-8-14-27-16-17)20-7-4-11-26-20/h1-8,11,14,16,19H,9-10,12-13,15H2,(H,23,24). The third-order valence-corrected chi connectivity index (χ3v) is 6.11. The topological polar surface area (TPSA) is 51.5 Å². The predicted molar refractivity (Wildman–Crippen MR) is 106 cm³/mol. The monoisotopic (exact) mass is 381 g/mol. The molecule has 1 aliphatic heterocycles. The highest BCUT2D eigenvalue weighted by Crippen LogP contribution is 2.35. The molecule has 3 heterocycles. The first-order valence-corrected chi connectivity index (χ1v) is 10.2. The van der Waals surface area contributed by atoms with Crippen LogP contribution in [-0.2, 0) is 14.9 Å². The van der Waals surface area contributed by atoms with Gasteiger partial charge in [0.25, 0.3) is 0 Å². The Morgan fingerprint density at radius 2 is 1.93 bits per heavy atom. The summed E-state index contributed by atoms with van der Waals surface area (Å²) in [4.78, 5) is 13.4. The summed E-state index contributed by atoms with van der Waals surface area (Å²) in [6, 6.07) is 16.0. The molecule has 0 saturated carbocycles. The Kier molecular flexibility index (Phi) is 5.41. The molecule has 1 atom stereocenters. The van der Waals surface area contributed by atoms with Crippen molar-refractivity contribution in [1.29, 1.82) is 0 Å². The zero-order valence-electron chi connectivity index (χ0n) is 15.1. The van der Waals surface area contributed by atoms with Crippen LogP contribution < -0.4 is 5.32 Å². The molecule has 0 bridgehead atoms. The fraction of sp³-hybridized carbons (Fsp3) is 0.318. The van der Waals surface area contributed by atoms with Gasteiger partial charge < -0.3 is 14.5 Å². The number of amides is 1. The van der Waals surface area contributed by atoms with E-state index in [2.05, 4.69) is 22.1 Å². The van der Waals surface area contributed by atoms with Crippen LogP contribution in [-0.4, -0.2) is 25.7 Å². The lowest BCUT2D eigenvalue weighted by Crippen LogP contribution is -2.48. The highest BCUT2D eigenvalue weighted by molar-refractivity contribution is 7.08. The molecule has 140 valence electrons. The van der Waals surface area contributed by atoms with Crippen LogP contribution in [0.3, 0.4) is 0 Å². The van der Waals surface area contributed by atoms with Crippen LogP contribution in [0.4, 0.5) is 0 Å². The van der Waals surface area contributed by atoms with E-state index in [4.69, 9.17) is 9.15 Å². The van der Waals surface area contributed by atoms with Gasteiger partial charge in [0.15, 0.2) is 0 Å². The molecular formula is C22H23NO3S. The minimum atomic E-state index is -0.526. The van der Waals surface area contributed by atoms with E-state index in [-0.39, 0.29) is 11.8 Å². The van der Waals surface area contributed by atoms with Crippen molar-refractivity contribution in [3.63, 3.8) is 0 Å². The van der Waals surface area contributed by atoms with Gasteiger partial charge in [0.05, 0.1) is 17.6 Å². The molecule has 4 nitrogen and oxygen atoms in total. The number of hydrogen-bond donors (Lipinski definition) is 1. The summed E-state index contributed by atoms with van der Waals surface area (Å²) in [5.41, 5.74) is 1.70. The van der Waals surface area contributed by atoms with Crippen LogP contribution >= 0.6 is 11.3 Å². The average molecular weight is 381 g/mol. The number of carbonyl (C=O) groups is 1. The first-order chi connectivity index (χ1) is 13.3. The van der Waals surface area contributed by atoms with E-state index in [9.17, 15) is 4.79 Å². The predicted octanol–water partition coefficient (Wildman–Crippen LogP) is 4.34. The lowest BCUT2D eigenvalue weighted by Gasteiger charge is -2.36. The Labute approximate surface area is 163 Å². The van der Waals surface area contributed by atoms with Crippen LogP contribution in [0.5, 0.6) is 0 Å². The van der Waals surface area contributed by atoms with Crippen LogP contribution in [0.15, 0.2) is 70.0 Å². The molecule has 0 aliphatic carbocycles. The third kappa shape index (κ3) is 3.70. The first kappa shape index (κ1) is 18.0. The normalized spacial score (nSPS) is 17.3. The minimum absolute atomic E-state index is 0.0165. The quantitative estimate of drug-likeness (QED) is 0.691. The lowest BCUT2D eigenvalue weighted by atomic mass is 9.73. The Morgan fingerprint density at radius 3 is 2.59 bits per heavy atom. The van der Waals surface area contributed by atoms with Gasteiger partial charge in [-0.2, -0.15) is 11.3 Å². The fourth-order valence-electron chi connectivity index (χ4n) is 3.83. The van der Waals surface area contributed by atoms with Gasteiger partial charge in [0.2, 0.25) is 5.91 Å². The van der Waals surface area contributed by atoms with Crippen molar-refractivity contribution in [3.8, 4) is 0 Å². The average Bonchev–Trinajstić information content (AvgIpc) is 3.44. The van der Waals surface area contributed by atoms with E-state index in [1.54, 1.807) is 17.6 Å². The van der Waals surface area contributed by atoms with E-state index in [0.717, 1.165) is 16.9 Å². The van der Waals surface area contributed by atoms with Crippen molar-refractivity contribution in [2.75, 3.05) is 19.8 Å². The van der Waals surface area contributed by atoms with E-state index >= 15 is 0 Å². The maximum atomic E-state index is 13.4. The van der Waals surface area contributed by atoms with E-state index in [0.29, 0.717) is 32.6 Å². The molecule has 1 saturated heterocycles. The number of carbonyl (C=O) groups excluding carboxylic acids is 1. The summed E-state index contributed by atoms with van der Waals surface area (Å²) in [7, 11) is 0. The minimum Gasteiger partial charge on any atom is -0.469 e. The molecule has 27 heavy (non-hydrogen) atoms. The molecule has 0 radical (unpaired) electrons. The summed E-state index contributed by atoms with van der Waals surface area (Å²) < 4.78 is 11.2. The summed E-state index contributed by atoms with van der Waals surface area (Å²) in [5.74, 6) is 0.959. The molecule has 1 N–H and O–H groups in total. The first-order valence-electron chi connectivity index (χ1n) is 9.27. The van der Waals surface area contributed by atoms with Crippen LogP contribution in [0, 0.1) is 0 Å². The smallest absolute Gasteiger partial charge is 0.230 e. The van der Waals surface area contributed by atoms with E-state index < -0.39 is 5.41 Å². The van der Waals surface area contributed by atoms with Gasteiger partial charge in [-0.25, -0.2) is 0 Å². The van der Waals surface area contributed by atoms with Gasteiger partial charge in [-0.15, -0.1) is 0 Å². The SMILES string of the molecule is O=C(NCC(c1ccsc1)c1ccco1)C1(c2ccccc2)CCOCC1. The maximum Gasteiger partial charge on any atom is 0.230 e. The van der Waals surface area contributed by atoms with E-state index in [1.165, 1.54) is 0 Å². The van der Waals surface area contributed by atoms with Gasteiger partial charge in [0, 0.05) is 19.8 Å². The number of benzene rings is 1. The second-order valence-electron chi connectivity index (χ2n) is 6.90. The Bertz CT molecular complexity index is 803. The van der Waals surface area contributed by atoms with Crippen LogP contribution in [0.2, 0.25) is 0 Å².